The Morgan fingerprint density at radius 2 is 2.42 bits per heavy atom. The van der Waals surface area contributed by atoms with Gasteiger partial charge in [0.2, 0.25) is 0 Å². The standard InChI is InChI=1S/C14H24ClN3O/c1-3-7-18-14(12(15)10-17-18)13(16-2)9-11-6-4-5-8-19-11/h10-11,13,16H,3-9H2,1-2H3. The first-order valence-electron chi connectivity index (χ1n) is 7.26. The van der Waals surface area contributed by atoms with Gasteiger partial charge in [-0.2, -0.15) is 5.10 Å². The molecule has 0 aromatic carbocycles. The quantitative estimate of drug-likeness (QED) is 0.873. The lowest BCUT2D eigenvalue weighted by molar-refractivity contribution is 0.00498. The molecule has 0 spiro atoms. The van der Waals surface area contributed by atoms with Gasteiger partial charge in [0.25, 0.3) is 0 Å². The Balaban J connectivity index is 2.09. The van der Waals surface area contributed by atoms with E-state index in [0.717, 1.165) is 43.1 Å². The maximum absolute atomic E-state index is 6.31. The molecule has 0 aliphatic carbocycles. The number of hydrogen-bond donors (Lipinski definition) is 1. The minimum absolute atomic E-state index is 0.213. The lowest BCUT2D eigenvalue weighted by Crippen LogP contribution is -2.28. The van der Waals surface area contributed by atoms with E-state index in [1.807, 2.05) is 11.7 Å². The second kappa shape index (κ2) is 7.27. The molecule has 5 heteroatoms. The Kier molecular flexibility index (Phi) is 5.67. The first-order valence-corrected chi connectivity index (χ1v) is 7.64. The van der Waals surface area contributed by atoms with Gasteiger partial charge in [-0.15, -0.1) is 0 Å². The summed E-state index contributed by atoms with van der Waals surface area (Å²) in [5.41, 5.74) is 1.10. The van der Waals surface area contributed by atoms with Crippen LogP contribution in [0.3, 0.4) is 0 Å². The summed E-state index contributed by atoms with van der Waals surface area (Å²) in [5.74, 6) is 0. The molecule has 1 saturated heterocycles. The van der Waals surface area contributed by atoms with Crippen LogP contribution in [0, 0.1) is 0 Å². The maximum atomic E-state index is 6.31. The normalized spacial score (nSPS) is 21.5. The highest BCUT2D eigenvalue weighted by atomic mass is 35.5. The summed E-state index contributed by atoms with van der Waals surface area (Å²) in [7, 11) is 1.98. The van der Waals surface area contributed by atoms with E-state index >= 15 is 0 Å². The Labute approximate surface area is 120 Å². The van der Waals surface area contributed by atoms with Crippen LogP contribution in [0.25, 0.3) is 0 Å². The third kappa shape index (κ3) is 3.71. The summed E-state index contributed by atoms with van der Waals surface area (Å²) in [6.45, 7) is 3.95. The van der Waals surface area contributed by atoms with Gasteiger partial charge in [-0.1, -0.05) is 18.5 Å². The highest BCUT2D eigenvalue weighted by molar-refractivity contribution is 6.31. The molecule has 108 valence electrons. The van der Waals surface area contributed by atoms with Crippen LogP contribution in [0.1, 0.15) is 50.8 Å². The molecular formula is C14H24ClN3O. The monoisotopic (exact) mass is 285 g/mol. The summed E-state index contributed by atoms with van der Waals surface area (Å²) >= 11 is 6.31. The van der Waals surface area contributed by atoms with Crippen LogP contribution in [-0.2, 0) is 11.3 Å². The first-order chi connectivity index (χ1) is 9.26. The zero-order valence-corrected chi connectivity index (χ0v) is 12.6. The van der Waals surface area contributed by atoms with Crippen molar-refractivity contribution in [3.05, 3.63) is 16.9 Å². The van der Waals surface area contributed by atoms with Gasteiger partial charge in [0, 0.05) is 13.2 Å². The Hall–Kier alpha value is -0.580. The number of nitrogens with one attached hydrogen (secondary N) is 1. The summed E-state index contributed by atoms with van der Waals surface area (Å²) in [4.78, 5) is 0. The molecule has 0 radical (unpaired) electrons. The summed E-state index contributed by atoms with van der Waals surface area (Å²) in [5, 5.41) is 8.49. The second-order valence-electron chi connectivity index (χ2n) is 5.17. The van der Waals surface area contributed by atoms with Crippen molar-refractivity contribution in [2.45, 2.75) is 57.7 Å². The van der Waals surface area contributed by atoms with Gasteiger partial charge < -0.3 is 10.1 Å². The topological polar surface area (TPSA) is 39.1 Å². The average Bonchev–Trinajstić information content (AvgIpc) is 2.79. The third-order valence-electron chi connectivity index (χ3n) is 3.72. The smallest absolute Gasteiger partial charge is 0.0834 e. The largest absolute Gasteiger partial charge is 0.378 e. The fraction of sp³-hybridized carbons (Fsp3) is 0.786. The Morgan fingerprint density at radius 3 is 3.05 bits per heavy atom. The molecule has 0 bridgehead atoms. The van der Waals surface area contributed by atoms with E-state index in [9.17, 15) is 0 Å². The van der Waals surface area contributed by atoms with E-state index < -0.39 is 0 Å². The van der Waals surface area contributed by atoms with E-state index in [-0.39, 0.29) is 6.04 Å². The molecule has 1 aliphatic heterocycles. The van der Waals surface area contributed by atoms with Crippen molar-refractivity contribution in [1.82, 2.24) is 15.1 Å². The van der Waals surface area contributed by atoms with Gasteiger partial charge in [0.05, 0.1) is 29.1 Å². The molecule has 2 atom stereocenters. The zero-order chi connectivity index (χ0) is 13.7. The Bertz CT molecular complexity index is 388. The minimum Gasteiger partial charge on any atom is -0.378 e. The van der Waals surface area contributed by atoms with Crippen LogP contribution in [0.5, 0.6) is 0 Å². The fourth-order valence-electron chi connectivity index (χ4n) is 2.73. The molecule has 1 aromatic heterocycles. The van der Waals surface area contributed by atoms with Crippen LogP contribution < -0.4 is 5.32 Å². The zero-order valence-electron chi connectivity index (χ0n) is 11.9. The molecule has 0 saturated carbocycles. The van der Waals surface area contributed by atoms with E-state index in [4.69, 9.17) is 16.3 Å². The van der Waals surface area contributed by atoms with Crippen LogP contribution in [-0.4, -0.2) is 29.5 Å². The molecule has 2 unspecified atom stereocenters. The molecular weight excluding hydrogens is 262 g/mol. The van der Waals surface area contributed by atoms with Crippen LogP contribution >= 0.6 is 11.6 Å². The van der Waals surface area contributed by atoms with Crippen LogP contribution in [0.4, 0.5) is 0 Å². The summed E-state index contributed by atoms with van der Waals surface area (Å²) in [6, 6.07) is 0.213. The molecule has 19 heavy (non-hydrogen) atoms. The van der Waals surface area contributed by atoms with Crippen molar-refractivity contribution in [3.8, 4) is 0 Å². The number of rotatable bonds is 6. The predicted molar refractivity (Wildman–Crippen MR) is 77.5 cm³/mol. The van der Waals surface area contributed by atoms with Gasteiger partial charge in [0.15, 0.2) is 0 Å². The highest BCUT2D eigenvalue weighted by Gasteiger charge is 2.24. The van der Waals surface area contributed by atoms with Crippen molar-refractivity contribution in [3.63, 3.8) is 0 Å². The maximum Gasteiger partial charge on any atom is 0.0834 e. The molecule has 2 heterocycles. The van der Waals surface area contributed by atoms with Crippen molar-refractivity contribution in [2.75, 3.05) is 13.7 Å². The van der Waals surface area contributed by atoms with Crippen LogP contribution in [0.2, 0.25) is 5.02 Å². The first kappa shape index (κ1) is 14.8. The minimum atomic E-state index is 0.213. The summed E-state index contributed by atoms with van der Waals surface area (Å²) in [6.07, 6.45) is 7.72. The molecule has 0 amide bonds. The van der Waals surface area contributed by atoms with Crippen molar-refractivity contribution >= 4 is 11.6 Å². The van der Waals surface area contributed by atoms with E-state index in [1.165, 1.54) is 12.8 Å². The molecule has 1 N–H and O–H groups in total. The van der Waals surface area contributed by atoms with Gasteiger partial charge in [-0.3, -0.25) is 4.68 Å². The van der Waals surface area contributed by atoms with E-state index in [0.29, 0.717) is 6.10 Å². The van der Waals surface area contributed by atoms with Crippen molar-refractivity contribution in [1.29, 1.82) is 0 Å². The lowest BCUT2D eigenvalue weighted by atomic mass is 10.00. The molecule has 2 rings (SSSR count). The fourth-order valence-corrected chi connectivity index (χ4v) is 3.00. The number of aromatic nitrogens is 2. The molecule has 1 aliphatic rings. The van der Waals surface area contributed by atoms with Crippen molar-refractivity contribution in [2.24, 2.45) is 0 Å². The third-order valence-corrected chi connectivity index (χ3v) is 4.01. The van der Waals surface area contributed by atoms with Gasteiger partial charge in [-0.05, 0) is 39.2 Å². The lowest BCUT2D eigenvalue weighted by Gasteiger charge is -2.27. The Morgan fingerprint density at radius 1 is 1.58 bits per heavy atom. The second-order valence-corrected chi connectivity index (χ2v) is 5.57. The summed E-state index contributed by atoms with van der Waals surface area (Å²) < 4.78 is 7.86. The SMILES string of the molecule is CCCn1ncc(Cl)c1C(CC1CCCCO1)NC. The highest BCUT2D eigenvalue weighted by Crippen LogP contribution is 2.29. The average molecular weight is 286 g/mol. The van der Waals surface area contributed by atoms with Gasteiger partial charge in [-0.25, -0.2) is 0 Å². The van der Waals surface area contributed by atoms with Crippen molar-refractivity contribution < 1.29 is 4.74 Å². The number of hydrogen-bond acceptors (Lipinski definition) is 3. The number of nitrogens with zero attached hydrogens (tertiary/aromatic N) is 2. The van der Waals surface area contributed by atoms with Gasteiger partial charge >= 0.3 is 0 Å². The van der Waals surface area contributed by atoms with E-state index in [1.54, 1.807) is 6.20 Å². The molecule has 1 fully saturated rings. The molecule has 4 nitrogen and oxygen atoms in total. The number of ether oxygens (including phenoxy) is 1. The van der Waals surface area contributed by atoms with Gasteiger partial charge in [0.1, 0.15) is 0 Å². The number of halogens is 1. The van der Waals surface area contributed by atoms with E-state index in [2.05, 4.69) is 17.3 Å². The molecule has 1 aromatic rings. The predicted octanol–water partition coefficient (Wildman–Crippen LogP) is 3.17. The van der Waals surface area contributed by atoms with Crippen LogP contribution in [0.15, 0.2) is 6.20 Å². The number of aryl methyl sites for hydroxylation is 1.